The van der Waals surface area contributed by atoms with E-state index in [1.807, 2.05) is 6.92 Å². The molecule has 19 heavy (non-hydrogen) atoms. The maximum Gasteiger partial charge on any atom is 0.305 e. The minimum Gasteiger partial charge on any atom is -0.508 e. The summed E-state index contributed by atoms with van der Waals surface area (Å²) in [6.07, 6.45) is 0.988. The molecule has 0 spiro atoms. The van der Waals surface area contributed by atoms with Gasteiger partial charge in [0.05, 0.1) is 6.61 Å². The normalized spacial score (nSPS) is 12.2. The molecule has 5 heteroatoms. The molecule has 1 aromatic carbocycles. The lowest BCUT2D eigenvalue weighted by molar-refractivity contribution is -0.143. The number of nitrogens with one attached hydrogen (secondary N) is 1. The largest absolute Gasteiger partial charge is 0.508 e. The first-order valence-electron chi connectivity index (χ1n) is 6.42. The third-order valence-corrected chi connectivity index (χ3v) is 2.77. The Morgan fingerprint density at radius 3 is 2.95 bits per heavy atom. The van der Waals surface area contributed by atoms with Crippen molar-refractivity contribution in [2.24, 2.45) is 0 Å². The summed E-state index contributed by atoms with van der Waals surface area (Å²) in [6, 6.07) is 3.67. The van der Waals surface area contributed by atoms with E-state index >= 15 is 0 Å². The Morgan fingerprint density at radius 1 is 1.53 bits per heavy atom. The lowest BCUT2D eigenvalue weighted by Gasteiger charge is -2.15. The molecule has 1 aromatic rings. The zero-order chi connectivity index (χ0) is 14.3. The molecule has 1 unspecified atom stereocenters. The first-order chi connectivity index (χ1) is 9.04. The SMILES string of the molecule is CCOC(=O)CCCNC(C)c1cc(F)ccc1O. The number of hydrogen-bond donors (Lipinski definition) is 2. The molecule has 0 aliphatic rings. The van der Waals surface area contributed by atoms with Crippen molar-refractivity contribution >= 4 is 5.97 Å². The monoisotopic (exact) mass is 269 g/mol. The third-order valence-electron chi connectivity index (χ3n) is 2.77. The third kappa shape index (κ3) is 5.26. The van der Waals surface area contributed by atoms with Crippen molar-refractivity contribution < 1.29 is 19.0 Å². The Hall–Kier alpha value is -1.62. The molecule has 0 saturated carbocycles. The number of carbonyl (C=O) groups is 1. The van der Waals surface area contributed by atoms with Gasteiger partial charge in [-0.05, 0) is 45.0 Å². The molecule has 0 saturated heterocycles. The van der Waals surface area contributed by atoms with Gasteiger partial charge < -0.3 is 15.2 Å². The zero-order valence-electron chi connectivity index (χ0n) is 11.3. The van der Waals surface area contributed by atoms with Crippen molar-refractivity contribution in [1.82, 2.24) is 5.32 Å². The van der Waals surface area contributed by atoms with Gasteiger partial charge in [0.25, 0.3) is 0 Å². The molecule has 0 aromatic heterocycles. The predicted octanol–water partition coefficient (Wildman–Crippen LogP) is 2.53. The highest BCUT2D eigenvalue weighted by atomic mass is 19.1. The number of carbonyl (C=O) groups excluding carboxylic acids is 1. The van der Waals surface area contributed by atoms with Crippen molar-refractivity contribution in [3.05, 3.63) is 29.6 Å². The second kappa shape index (κ2) is 7.74. The summed E-state index contributed by atoms with van der Waals surface area (Å²) in [5.41, 5.74) is 0.510. The van der Waals surface area contributed by atoms with E-state index in [4.69, 9.17) is 4.74 Å². The molecule has 106 valence electrons. The number of rotatable bonds is 7. The topological polar surface area (TPSA) is 58.6 Å². The quantitative estimate of drug-likeness (QED) is 0.590. The van der Waals surface area contributed by atoms with Crippen LogP contribution in [0.25, 0.3) is 0 Å². The van der Waals surface area contributed by atoms with Crippen molar-refractivity contribution in [3.63, 3.8) is 0 Å². The van der Waals surface area contributed by atoms with Gasteiger partial charge in [0.2, 0.25) is 0 Å². The Balaban J connectivity index is 2.37. The number of esters is 1. The van der Waals surface area contributed by atoms with Crippen LogP contribution in [0.1, 0.15) is 38.3 Å². The Labute approximate surface area is 112 Å². The van der Waals surface area contributed by atoms with E-state index in [2.05, 4.69) is 5.32 Å². The van der Waals surface area contributed by atoms with Gasteiger partial charge in [-0.2, -0.15) is 0 Å². The molecule has 0 aliphatic carbocycles. The number of phenolic OH excluding ortho intramolecular Hbond substituents is 1. The first kappa shape index (κ1) is 15.4. The van der Waals surface area contributed by atoms with Crippen LogP contribution in [0.3, 0.4) is 0 Å². The fourth-order valence-electron chi connectivity index (χ4n) is 1.77. The highest BCUT2D eigenvalue weighted by Gasteiger charge is 2.11. The summed E-state index contributed by atoms with van der Waals surface area (Å²) in [7, 11) is 0. The number of ether oxygens (including phenoxy) is 1. The molecular weight excluding hydrogens is 249 g/mol. The number of benzene rings is 1. The van der Waals surface area contributed by atoms with E-state index in [0.717, 1.165) is 0 Å². The second-order valence-electron chi connectivity index (χ2n) is 4.29. The van der Waals surface area contributed by atoms with Crippen LogP contribution in [0.4, 0.5) is 4.39 Å². The molecule has 0 amide bonds. The van der Waals surface area contributed by atoms with Gasteiger partial charge in [-0.15, -0.1) is 0 Å². The number of aromatic hydroxyl groups is 1. The van der Waals surface area contributed by atoms with Gasteiger partial charge in [-0.25, -0.2) is 4.39 Å². The molecule has 0 aliphatic heterocycles. The maximum absolute atomic E-state index is 13.1. The molecule has 0 heterocycles. The van der Waals surface area contributed by atoms with Crippen LogP contribution >= 0.6 is 0 Å². The summed E-state index contributed by atoms with van der Waals surface area (Å²) < 4.78 is 17.9. The van der Waals surface area contributed by atoms with Gasteiger partial charge in [-0.1, -0.05) is 0 Å². The molecule has 4 nitrogen and oxygen atoms in total. The van der Waals surface area contributed by atoms with Gasteiger partial charge in [-0.3, -0.25) is 4.79 Å². The Bertz CT molecular complexity index is 423. The molecule has 1 atom stereocenters. The van der Waals surface area contributed by atoms with Gasteiger partial charge in [0.15, 0.2) is 0 Å². The highest BCUT2D eigenvalue weighted by Crippen LogP contribution is 2.24. The van der Waals surface area contributed by atoms with Crippen LogP contribution in [-0.4, -0.2) is 24.2 Å². The van der Waals surface area contributed by atoms with Crippen LogP contribution in [-0.2, 0) is 9.53 Å². The number of phenols is 1. The highest BCUT2D eigenvalue weighted by molar-refractivity contribution is 5.69. The molecule has 0 fully saturated rings. The Kier molecular flexibility index (Phi) is 6.29. The van der Waals surface area contributed by atoms with Crippen molar-refractivity contribution in [2.45, 2.75) is 32.7 Å². The summed E-state index contributed by atoms with van der Waals surface area (Å²) in [6.45, 7) is 4.58. The average molecular weight is 269 g/mol. The van der Waals surface area contributed by atoms with Crippen LogP contribution in [0.2, 0.25) is 0 Å². The van der Waals surface area contributed by atoms with E-state index in [1.165, 1.54) is 18.2 Å². The van der Waals surface area contributed by atoms with E-state index in [9.17, 15) is 14.3 Å². The van der Waals surface area contributed by atoms with Crippen LogP contribution in [0.15, 0.2) is 18.2 Å². The van der Waals surface area contributed by atoms with Gasteiger partial charge >= 0.3 is 5.97 Å². The summed E-state index contributed by atoms with van der Waals surface area (Å²) >= 11 is 0. The standard InChI is InChI=1S/C14H20FNO3/c1-3-19-14(18)5-4-8-16-10(2)12-9-11(15)6-7-13(12)17/h6-7,9-10,16-17H,3-5,8H2,1-2H3. The van der Waals surface area contributed by atoms with E-state index < -0.39 is 0 Å². The lowest BCUT2D eigenvalue weighted by Crippen LogP contribution is -2.21. The summed E-state index contributed by atoms with van der Waals surface area (Å²) in [5, 5.41) is 12.8. The van der Waals surface area contributed by atoms with E-state index in [1.54, 1.807) is 6.92 Å². The molecule has 0 bridgehead atoms. The van der Waals surface area contributed by atoms with Gasteiger partial charge in [0, 0.05) is 18.0 Å². The van der Waals surface area contributed by atoms with Crippen LogP contribution < -0.4 is 5.32 Å². The first-order valence-corrected chi connectivity index (χ1v) is 6.42. The fourth-order valence-corrected chi connectivity index (χ4v) is 1.77. The minimum atomic E-state index is -0.382. The zero-order valence-corrected chi connectivity index (χ0v) is 11.3. The van der Waals surface area contributed by atoms with Crippen molar-refractivity contribution in [2.75, 3.05) is 13.2 Å². The van der Waals surface area contributed by atoms with Crippen LogP contribution in [0.5, 0.6) is 5.75 Å². The van der Waals surface area contributed by atoms with Crippen LogP contribution in [0, 0.1) is 5.82 Å². The lowest BCUT2D eigenvalue weighted by atomic mass is 10.1. The molecular formula is C14H20FNO3. The summed E-state index contributed by atoms with van der Waals surface area (Å²) in [4.78, 5) is 11.1. The fraction of sp³-hybridized carbons (Fsp3) is 0.500. The Morgan fingerprint density at radius 2 is 2.26 bits per heavy atom. The van der Waals surface area contributed by atoms with Crippen molar-refractivity contribution in [3.8, 4) is 5.75 Å². The summed E-state index contributed by atoms with van der Waals surface area (Å²) in [5.74, 6) is -0.537. The average Bonchev–Trinajstić information content (AvgIpc) is 2.37. The minimum absolute atomic E-state index is 0.0618. The smallest absolute Gasteiger partial charge is 0.305 e. The van der Waals surface area contributed by atoms with Gasteiger partial charge in [0.1, 0.15) is 11.6 Å². The van der Waals surface area contributed by atoms with Crippen molar-refractivity contribution in [1.29, 1.82) is 0 Å². The second-order valence-corrected chi connectivity index (χ2v) is 4.29. The molecule has 1 rings (SSSR count). The van der Waals surface area contributed by atoms with E-state index in [0.29, 0.717) is 31.6 Å². The molecule has 2 N–H and O–H groups in total. The number of halogens is 1. The predicted molar refractivity (Wildman–Crippen MR) is 70.3 cm³/mol. The van der Waals surface area contributed by atoms with E-state index in [-0.39, 0.29) is 23.6 Å². The molecule has 0 radical (unpaired) electrons. The number of hydrogen-bond acceptors (Lipinski definition) is 4. The maximum atomic E-state index is 13.1.